The van der Waals surface area contributed by atoms with E-state index in [1.165, 1.54) is 12.1 Å². The zero-order chi connectivity index (χ0) is 15.0. The maximum Gasteiger partial charge on any atom is 0.240 e. The lowest BCUT2D eigenvalue weighted by Gasteiger charge is -2.08. The lowest BCUT2D eigenvalue weighted by Crippen LogP contribution is -2.24. The fraction of sp³-hybridized carbons (Fsp3) is 0.462. The first kappa shape index (κ1) is 19.9. The molecular weight excluding hydrogens is 314 g/mol. The van der Waals surface area contributed by atoms with E-state index in [0.717, 1.165) is 6.42 Å². The minimum Gasteiger partial charge on any atom is -0.326 e. The quantitative estimate of drug-likeness (QED) is 0.669. The van der Waals surface area contributed by atoms with Gasteiger partial charge in [0.25, 0.3) is 0 Å². The molecule has 0 aliphatic rings. The summed E-state index contributed by atoms with van der Waals surface area (Å²) in [5, 5.41) is 5.59. The van der Waals surface area contributed by atoms with Gasteiger partial charge in [0.1, 0.15) is 0 Å². The van der Waals surface area contributed by atoms with Crippen molar-refractivity contribution < 1.29 is 13.2 Å². The van der Waals surface area contributed by atoms with Crippen molar-refractivity contribution in [1.82, 2.24) is 10.0 Å². The van der Waals surface area contributed by atoms with Crippen LogP contribution in [0.1, 0.15) is 19.8 Å². The zero-order valence-corrected chi connectivity index (χ0v) is 13.8. The van der Waals surface area contributed by atoms with E-state index >= 15 is 0 Å². The van der Waals surface area contributed by atoms with Gasteiger partial charge < -0.3 is 10.6 Å². The molecule has 0 spiro atoms. The van der Waals surface area contributed by atoms with Crippen LogP contribution in [-0.4, -0.2) is 34.5 Å². The molecule has 0 saturated heterocycles. The van der Waals surface area contributed by atoms with Crippen LogP contribution in [-0.2, 0) is 14.8 Å². The summed E-state index contributed by atoms with van der Waals surface area (Å²) in [6.45, 7) is 2.90. The standard InChI is InChI=1S/C13H21N3O3S.ClH/c1-3-9-15-20(18,19)12-6-4-11(5-7-12)16-13(17)8-10-14-2;/h4-7,14-15H,3,8-10H2,1-2H3,(H,16,17);1H. The molecule has 0 saturated carbocycles. The topological polar surface area (TPSA) is 87.3 Å². The van der Waals surface area contributed by atoms with Gasteiger partial charge in [-0.25, -0.2) is 13.1 Å². The van der Waals surface area contributed by atoms with Gasteiger partial charge in [0.15, 0.2) is 0 Å². The predicted octanol–water partition coefficient (Wildman–Crippen LogP) is 1.34. The summed E-state index contributed by atoms with van der Waals surface area (Å²) in [5.74, 6) is -0.112. The van der Waals surface area contributed by atoms with Crippen molar-refractivity contribution in [3.05, 3.63) is 24.3 Å². The lowest BCUT2D eigenvalue weighted by molar-refractivity contribution is -0.116. The average molecular weight is 336 g/mol. The van der Waals surface area contributed by atoms with Crippen molar-refractivity contribution in [2.75, 3.05) is 25.5 Å². The average Bonchev–Trinajstić information content (AvgIpc) is 2.43. The van der Waals surface area contributed by atoms with Crippen LogP contribution in [0.5, 0.6) is 0 Å². The Morgan fingerprint density at radius 2 is 1.76 bits per heavy atom. The monoisotopic (exact) mass is 335 g/mol. The fourth-order valence-electron chi connectivity index (χ4n) is 1.50. The van der Waals surface area contributed by atoms with Crippen molar-refractivity contribution in [3.8, 4) is 0 Å². The summed E-state index contributed by atoms with van der Waals surface area (Å²) in [4.78, 5) is 11.7. The minimum absolute atomic E-state index is 0. The molecule has 3 N–H and O–H groups in total. The van der Waals surface area contributed by atoms with Gasteiger partial charge in [0.05, 0.1) is 4.90 Å². The first-order valence-corrected chi connectivity index (χ1v) is 8.02. The molecule has 0 radical (unpaired) electrons. The molecule has 0 atom stereocenters. The normalized spacial score (nSPS) is 10.8. The van der Waals surface area contributed by atoms with E-state index in [4.69, 9.17) is 0 Å². The van der Waals surface area contributed by atoms with Crippen LogP contribution in [0, 0.1) is 0 Å². The molecule has 8 heteroatoms. The number of sulfonamides is 1. The van der Waals surface area contributed by atoms with Crippen LogP contribution < -0.4 is 15.4 Å². The van der Waals surface area contributed by atoms with Crippen LogP contribution in [0.4, 0.5) is 5.69 Å². The third kappa shape index (κ3) is 6.90. The number of halogens is 1. The molecular formula is C13H22ClN3O3S. The second-order valence-corrected chi connectivity index (χ2v) is 6.09. The van der Waals surface area contributed by atoms with Crippen LogP contribution in [0.15, 0.2) is 29.2 Å². The fourth-order valence-corrected chi connectivity index (χ4v) is 2.63. The van der Waals surface area contributed by atoms with E-state index in [-0.39, 0.29) is 23.2 Å². The summed E-state index contributed by atoms with van der Waals surface area (Å²) >= 11 is 0. The van der Waals surface area contributed by atoms with Crippen molar-refractivity contribution >= 4 is 34.0 Å². The van der Waals surface area contributed by atoms with Gasteiger partial charge in [0, 0.05) is 25.2 Å². The van der Waals surface area contributed by atoms with Gasteiger partial charge in [-0.2, -0.15) is 0 Å². The summed E-state index contributed by atoms with van der Waals surface area (Å²) in [7, 11) is -1.68. The number of carbonyl (C=O) groups is 1. The lowest BCUT2D eigenvalue weighted by atomic mass is 10.3. The molecule has 0 aromatic heterocycles. The Hall–Kier alpha value is -1.15. The van der Waals surface area contributed by atoms with Crippen molar-refractivity contribution in [1.29, 1.82) is 0 Å². The van der Waals surface area contributed by atoms with Crippen molar-refractivity contribution in [2.24, 2.45) is 0 Å². The SMILES string of the molecule is CCCNS(=O)(=O)c1ccc(NC(=O)CCNC)cc1.Cl. The number of rotatable bonds is 8. The number of carbonyl (C=O) groups excluding carboxylic acids is 1. The number of anilines is 1. The van der Waals surface area contributed by atoms with E-state index in [2.05, 4.69) is 15.4 Å². The van der Waals surface area contributed by atoms with Gasteiger partial charge in [-0.15, -0.1) is 12.4 Å². The third-order valence-electron chi connectivity index (χ3n) is 2.59. The smallest absolute Gasteiger partial charge is 0.240 e. The second-order valence-electron chi connectivity index (χ2n) is 4.32. The summed E-state index contributed by atoms with van der Waals surface area (Å²) in [6.07, 6.45) is 1.10. The maximum atomic E-state index is 11.9. The molecule has 0 bridgehead atoms. The highest BCUT2D eigenvalue weighted by molar-refractivity contribution is 7.89. The van der Waals surface area contributed by atoms with E-state index in [0.29, 0.717) is 25.2 Å². The largest absolute Gasteiger partial charge is 0.326 e. The Morgan fingerprint density at radius 1 is 1.14 bits per heavy atom. The number of nitrogens with one attached hydrogen (secondary N) is 3. The molecule has 21 heavy (non-hydrogen) atoms. The zero-order valence-electron chi connectivity index (χ0n) is 12.2. The van der Waals surface area contributed by atoms with Gasteiger partial charge in [-0.3, -0.25) is 4.79 Å². The number of hydrogen-bond donors (Lipinski definition) is 3. The van der Waals surface area contributed by atoms with Gasteiger partial charge >= 0.3 is 0 Å². The highest BCUT2D eigenvalue weighted by Gasteiger charge is 2.12. The second kappa shape index (κ2) is 9.73. The van der Waals surface area contributed by atoms with E-state index in [1.807, 2.05) is 6.92 Å². The van der Waals surface area contributed by atoms with Crippen molar-refractivity contribution in [3.63, 3.8) is 0 Å². The Morgan fingerprint density at radius 3 is 2.29 bits per heavy atom. The first-order valence-electron chi connectivity index (χ1n) is 6.53. The number of hydrogen-bond acceptors (Lipinski definition) is 4. The molecule has 1 aromatic rings. The molecule has 1 amide bonds. The van der Waals surface area contributed by atoms with Gasteiger partial charge in [-0.05, 0) is 37.7 Å². The summed E-state index contributed by atoms with van der Waals surface area (Å²) in [6, 6.07) is 6.12. The molecule has 6 nitrogen and oxygen atoms in total. The molecule has 0 aliphatic carbocycles. The maximum absolute atomic E-state index is 11.9. The van der Waals surface area contributed by atoms with E-state index < -0.39 is 10.0 Å². The van der Waals surface area contributed by atoms with Gasteiger partial charge in [0.2, 0.25) is 15.9 Å². The number of amides is 1. The Kier molecular flexibility index (Phi) is 9.19. The minimum atomic E-state index is -3.45. The van der Waals surface area contributed by atoms with Crippen LogP contribution >= 0.6 is 12.4 Å². The molecule has 1 aromatic carbocycles. The van der Waals surface area contributed by atoms with Crippen LogP contribution in [0.2, 0.25) is 0 Å². The molecule has 1 rings (SSSR count). The highest BCUT2D eigenvalue weighted by atomic mass is 35.5. The highest BCUT2D eigenvalue weighted by Crippen LogP contribution is 2.14. The van der Waals surface area contributed by atoms with Gasteiger partial charge in [-0.1, -0.05) is 6.92 Å². The Balaban J connectivity index is 0.00000400. The van der Waals surface area contributed by atoms with Crippen LogP contribution in [0.25, 0.3) is 0 Å². The molecule has 0 fully saturated rings. The molecule has 0 heterocycles. The molecule has 120 valence electrons. The summed E-state index contributed by atoms with van der Waals surface area (Å²) < 4.78 is 26.2. The number of benzene rings is 1. The molecule has 0 aliphatic heterocycles. The first-order chi connectivity index (χ1) is 9.49. The molecule has 0 unspecified atom stereocenters. The van der Waals surface area contributed by atoms with Crippen LogP contribution in [0.3, 0.4) is 0 Å². The van der Waals surface area contributed by atoms with E-state index in [1.54, 1.807) is 19.2 Å². The Labute approximate surface area is 132 Å². The van der Waals surface area contributed by atoms with Crippen molar-refractivity contribution in [2.45, 2.75) is 24.7 Å². The third-order valence-corrected chi connectivity index (χ3v) is 4.07. The summed E-state index contributed by atoms with van der Waals surface area (Å²) in [5.41, 5.74) is 0.584. The Bertz CT molecular complexity index is 532. The predicted molar refractivity (Wildman–Crippen MR) is 86.3 cm³/mol. The van der Waals surface area contributed by atoms with E-state index in [9.17, 15) is 13.2 Å².